The van der Waals surface area contributed by atoms with Crippen LogP contribution in [-0.2, 0) is 11.3 Å². The number of aromatic nitrogens is 1. The van der Waals surface area contributed by atoms with Crippen molar-refractivity contribution < 1.29 is 4.79 Å². The number of rotatable bonds is 5. The van der Waals surface area contributed by atoms with E-state index in [-0.39, 0.29) is 10.6 Å². The van der Waals surface area contributed by atoms with Crippen molar-refractivity contribution in [2.45, 2.75) is 6.54 Å². The Morgan fingerprint density at radius 3 is 2.55 bits per heavy atom. The van der Waals surface area contributed by atoms with Gasteiger partial charge in [-0.3, -0.25) is 4.79 Å². The van der Waals surface area contributed by atoms with Gasteiger partial charge in [0.05, 0.1) is 27.4 Å². The fourth-order valence-corrected chi connectivity index (χ4v) is 3.91. The number of benzene rings is 3. The van der Waals surface area contributed by atoms with Gasteiger partial charge in [0, 0.05) is 29.2 Å². The van der Waals surface area contributed by atoms with Crippen LogP contribution in [0.15, 0.2) is 78.5 Å². The lowest BCUT2D eigenvalue weighted by Crippen LogP contribution is -2.13. The number of carbonyl (C=O) groups excluding carboxylic acids is 1. The molecule has 3 aromatic carbocycles. The van der Waals surface area contributed by atoms with Gasteiger partial charge in [-0.2, -0.15) is 10.5 Å². The van der Waals surface area contributed by atoms with E-state index in [4.69, 9.17) is 23.2 Å². The monoisotopic (exact) mass is 470 g/mol. The van der Waals surface area contributed by atoms with Crippen LogP contribution < -0.4 is 5.32 Å². The lowest BCUT2D eigenvalue weighted by atomic mass is 10.1. The first kappa shape index (κ1) is 22.2. The van der Waals surface area contributed by atoms with E-state index in [1.54, 1.807) is 30.3 Å². The van der Waals surface area contributed by atoms with E-state index in [1.807, 2.05) is 59.3 Å². The van der Waals surface area contributed by atoms with E-state index >= 15 is 0 Å². The molecule has 0 radical (unpaired) electrons. The molecular formula is C26H16Cl2N4O. The summed E-state index contributed by atoms with van der Waals surface area (Å²) >= 11 is 12.2. The molecule has 0 atom stereocenters. The van der Waals surface area contributed by atoms with Crippen LogP contribution in [-0.4, -0.2) is 10.5 Å². The highest BCUT2D eigenvalue weighted by molar-refractivity contribution is 6.44. The molecule has 0 unspecified atom stereocenters. The van der Waals surface area contributed by atoms with Crippen LogP contribution in [0.25, 0.3) is 17.0 Å². The van der Waals surface area contributed by atoms with E-state index in [2.05, 4.69) is 11.4 Å². The number of nitriles is 2. The molecule has 5 nitrogen and oxygen atoms in total. The number of nitrogens with zero attached hydrogens (tertiary/aromatic N) is 3. The van der Waals surface area contributed by atoms with Gasteiger partial charge in [0.2, 0.25) is 0 Å². The van der Waals surface area contributed by atoms with Gasteiger partial charge in [0.15, 0.2) is 0 Å². The summed E-state index contributed by atoms with van der Waals surface area (Å²) in [6.07, 6.45) is 3.42. The van der Waals surface area contributed by atoms with Gasteiger partial charge in [-0.15, -0.1) is 0 Å². The maximum Gasteiger partial charge on any atom is 0.266 e. The number of fused-ring (bicyclic) bond motifs is 1. The number of amides is 1. The fraction of sp³-hybridized carbons (Fsp3) is 0.0385. The molecule has 0 aliphatic rings. The van der Waals surface area contributed by atoms with Gasteiger partial charge in [-0.05, 0) is 35.9 Å². The molecule has 1 heterocycles. The maximum absolute atomic E-state index is 12.8. The van der Waals surface area contributed by atoms with Gasteiger partial charge in [-0.1, -0.05) is 65.7 Å². The second-order valence-corrected chi connectivity index (χ2v) is 8.01. The van der Waals surface area contributed by atoms with Crippen LogP contribution >= 0.6 is 23.2 Å². The molecule has 160 valence electrons. The Morgan fingerprint density at radius 2 is 1.76 bits per heavy atom. The number of nitrogens with one attached hydrogen (secondary N) is 1. The quantitative estimate of drug-likeness (QED) is 0.270. The van der Waals surface area contributed by atoms with Crippen molar-refractivity contribution >= 4 is 51.8 Å². The zero-order chi connectivity index (χ0) is 23.4. The third kappa shape index (κ3) is 4.61. The minimum Gasteiger partial charge on any atom is -0.342 e. The summed E-state index contributed by atoms with van der Waals surface area (Å²) in [5, 5.41) is 23.1. The highest BCUT2D eigenvalue weighted by Crippen LogP contribution is 2.30. The number of hydrogen-bond acceptors (Lipinski definition) is 3. The Labute approximate surface area is 200 Å². The number of halogens is 2. The fourth-order valence-electron chi connectivity index (χ4n) is 3.57. The largest absolute Gasteiger partial charge is 0.342 e. The second kappa shape index (κ2) is 9.63. The molecule has 1 amide bonds. The molecule has 0 saturated heterocycles. The number of para-hydroxylation sites is 1. The second-order valence-electron chi connectivity index (χ2n) is 7.22. The van der Waals surface area contributed by atoms with Crippen molar-refractivity contribution in [1.29, 1.82) is 10.5 Å². The number of anilines is 1. The van der Waals surface area contributed by atoms with E-state index < -0.39 is 5.91 Å². The van der Waals surface area contributed by atoms with Gasteiger partial charge >= 0.3 is 0 Å². The number of carbonyl (C=O) groups is 1. The van der Waals surface area contributed by atoms with Gasteiger partial charge < -0.3 is 9.88 Å². The Hall–Kier alpha value is -4.03. The Balaban J connectivity index is 1.71. The lowest BCUT2D eigenvalue weighted by molar-refractivity contribution is -0.112. The molecule has 4 rings (SSSR count). The zero-order valence-corrected chi connectivity index (χ0v) is 18.7. The molecule has 0 aliphatic carbocycles. The third-order valence-electron chi connectivity index (χ3n) is 5.16. The first-order valence-corrected chi connectivity index (χ1v) is 10.7. The Kier molecular flexibility index (Phi) is 6.47. The molecule has 1 N–H and O–H groups in total. The third-order valence-corrected chi connectivity index (χ3v) is 5.98. The van der Waals surface area contributed by atoms with Crippen LogP contribution in [0.3, 0.4) is 0 Å². The molecule has 1 aromatic heterocycles. The summed E-state index contributed by atoms with van der Waals surface area (Å²) in [5.74, 6) is -0.590. The van der Waals surface area contributed by atoms with Crippen molar-refractivity contribution in [2.75, 3.05) is 5.32 Å². The minimum absolute atomic E-state index is 0.0774. The predicted octanol–water partition coefficient (Wildman–Crippen LogP) is 6.41. The topological polar surface area (TPSA) is 81.6 Å². The summed E-state index contributed by atoms with van der Waals surface area (Å²) in [6, 6.07) is 24.2. The van der Waals surface area contributed by atoms with E-state index in [9.17, 15) is 15.3 Å². The van der Waals surface area contributed by atoms with Crippen LogP contribution in [0, 0.1) is 22.7 Å². The molecule has 33 heavy (non-hydrogen) atoms. The molecule has 4 aromatic rings. The van der Waals surface area contributed by atoms with Crippen LogP contribution in [0.4, 0.5) is 5.69 Å². The van der Waals surface area contributed by atoms with Crippen LogP contribution in [0.5, 0.6) is 0 Å². The van der Waals surface area contributed by atoms with Crippen molar-refractivity contribution in [1.82, 2.24) is 4.57 Å². The van der Waals surface area contributed by atoms with E-state index in [0.29, 0.717) is 28.4 Å². The van der Waals surface area contributed by atoms with Crippen LogP contribution in [0.1, 0.15) is 16.7 Å². The average Bonchev–Trinajstić information content (AvgIpc) is 3.18. The summed E-state index contributed by atoms with van der Waals surface area (Å²) in [4.78, 5) is 12.8. The van der Waals surface area contributed by atoms with Crippen molar-refractivity contribution in [2.24, 2.45) is 0 Å². The molecule has 0 spiro atoms. The molecule has 7 heteroatoms. The molecule has 0 aliphatic heterocycles. The minimum atomic E-state index is -0.590. The SMILES string of the molecule is N#C/C(=C/c1cn(Cc2ccccc2C#N)c2ccccc12)C(=O)Nc1cccc(Cl)c1Cl. The summed E-state index contributed by atoms with van der Waals surface area (Å²) in [6.45, 7) is 0.476. The predicted molar refractivity (Wildman–Crippen MR) is 131 cm³/mol. The van der Waals surface area contributed by atoms with Crippen molar-refractivity contribution in [3.8, 4) is 12.1 Å². The Bertz CT molecular complexity index is 1490. The zero-order valence-electron chi connectivity index (χ0n) is 17.2. The molecule has 0 saturated carbocycles. The summed E-state index contributed by atoms with van der Waals surface area (Å²) < 4.78 is 2.00. The van der Waals surface area contributed by atoms with Crippen molar-refractivity contribution in [3.63, 3.8) is 0 Å². The normalized spacial score (nSPS) is 11.1. The molecule has 0 fully saturated rings. The molecular weight excluding hydrogens is 455 g/mol. The highest BCUT2D eigenvalue weighted by Gasteiger charge is 2.15. The highest BCUT2D eigenvalue weighted by atomic mass is 35.5. The van der Waals surface area contributed by atoms with E-state index in [0.717, 1.165) is 16.5 Å². The van der Waals surface area contributed by atoms with Gasteiger partial charge in [0.1, 0.15) is 11.6 Å². The average molecular weight is 471 g/mol. The van der Waals surface area contributed by atoms with Crippen molar-refractivity contribution in [3.05, 3.63) is 105 Å². The van der Waals surface area contributed by atoms with Crippen LogP contribution in [0.2, 0.25) is 10.0 Å². The van der Waals surface area contributed by atoms with Gasteiger partial charge in [-0.25, -0.2) is 0 Å². The Morgan fingerprint density at radius 1 is 1.00 bits per heavy atom. The standard InChI is InChI=1S/C26H16Cl2N4O/c27-22-9-5-10-23(25(22)28)31-26(33)19(14-30)12-20-16-32(24-11-4-3-8-21(20)24)15-18-7-2-1-6-17(18)13-29/h1-12,16H,15H2,(H,31,33)/b19-12-. The first-order valence-electron chi connectivity index (χ1n) is 9.95. The summed E-state index contributed by atoms with van der Waals surface area (Å²) in [5.41, 5.74) is 3.36. The molecule has 0 bridgehead atoms. The van der Waals surface area contributed by atoms with Gasteiger partial charge in [0.25, 0.3) is 5.91 Å². The first-order chi connectivity index (χ1) is 16.0. The summed E-state index contributed by atoms with van der Waals surface area (Å²) in [7, 11) is 0. The maximum atomic E-state index is 12.8. The number of hydrogen-bond donors (Lipinski definition) is 1. The lowest BCUT2D eigenvalue weighted by Gasteiger charge is -2.07. The smallest absolute Gasteiger partial charge is 0.266 e. The van der Waals surface area contributed by atoms with E-state index in [1.165, 1.54) is 0 Å².